The van der Waals surface area contributed by atoms with Gasteiger partial charge in [0.25, 0.3) is 0 Å². The summed E-state index contributed by atoms with van der Waals surface area (Å²) in [6, 6.07) is 1.29. The second kappa shape index (κ2) is 7.10. The first-order valence-electron chi connectivity index (χ1n) is 6.35. The van der Waals surface area contributed by atoms with Crippen molar-refractivity contribution in [2.24, 2.45) is 5.92 Å². The first-order valence-corrected chi connectivity index (χ1v) is 8.89. The zero-order valence-electron chi connectivity index (χ0n) is 12.0. The van der Waals surface area contributed by atoms with Crippen molar-refractivity contribution >= 4 is 46.5 Å². The van der Waals surface area contributed by atoms with Crippen molar-refractivity contribution < 1.29 is 13.4 Å². The fourth-order valence-corrected chi connectivity index (χ4v) is 3.46. The number of carbonyl (C=O) groups is 1. The second-order valence-corrected chi connectivity index (χ2v) is 7.23. The molecule has 1 N–H and O–H groups in total. The molecule has 2 radical (unpaired) electrons. The van der Waals surface area contributed by atoms with Gasteiger partial charge in [0, 0.05) is 46.1 Å². The summed E-state index contributed by atoms with van der Waals surface area (Å²) in [5.41, 5.74) is 0.641. The maximum atomic E-state index is 13.2. The third kappa shape index (κ3) is 4.20. The number of rotatable bonds is 5. The van der Waals surface area contributed by atoms with E-state index in [2.05, 4.69) is 15.3 Å². The molecular weight excluding hydrogens is 324 g/mol. The number of thiazole rings is 1. The topological polar surface area (TPSA) is 72.0 Å². The van der Waals surface area contributed by atoms with Crippen LogP contribution >= 0.6 is 11.3 Å². The van der Waals surface area contributed by atoms with Crippen molar-refractivity contribution in [3.63, 3.8) is 0 Å². The fraction of sp³-hybridized carbons (Fsp3) is 0.308. The van der Waals surface area contributed by atoms with E-state index in [9.17, 15) is 13.4 Å². The second-order valence-electron chi connectivity index (χ2n) is 4.76. The lowest BCUT2D eigenvalue weighted by Crippen LogP contribution is -2.26. The first-order chi connectivity index (χ1) is 10.4. The van der Waals surface area contributed by atoms with Gasteiger partial charge in [-0.3, -0.25) is 19.0 Å². The molecule has 114 valence electrons. The summed E-state index contributed by atoms with van der Waals surface area (Å²) in [6.07, 6.45) is 4.10. The van der Waals surface area contributed by atoms with Crippen LogP contribution in [0.2, 0.25) is 0 Å². The van der Waals surface area contributed by atoms with Crippen molar-refractivity contribution in [1.82, 2.24) is 9.97 Å². The molecule has 0 aliphatic rings. The minimum absolute atomic E-state index is 0.155. The molecule has 2 aromatic rings. The molecule has 0 aromatic carbocycles. The zero-order chi connectivity index (χ0) is 16.3. The SMILES string of the molecule is [B]c1nc(-c2cncc(F)c2)sc1NC(=O)C(C)CS(C)=O. The lowest BCUT2D eigenvalue weighted by molar-refractivity contribution is -0.118. The molecule has 0 fully saturated rings. The molecule has 1 amide bonds. The van der Waals surface area contributed by atoms with Gasteiger partial charge in [-0.1, -0.05) is 18.3 Å². The number of anilines is 1. The highest BCUT2D eigenvalue weighted by Gasteiger charge is 2.18. The van der Waals surface area contributed by atoms with Crippen molar-refractivity contribution in [1.29, 1.82) is 0 Å². The first kappa shape index (κ1) is 16.8. The van der Waals surface area contributed by atoms with Gasteiger partial charge in [-0.15, -0.1) is 0 Å². The molecule has 2 aromatic heterocycles. The van der Waals surface area contributed by atoms with Crippen LogP contribution in [0.1, 0.15) is 6.92 Å². The van der Waals surface area contributed by atoms with E-state index in [0.717, 1.165) is 17.5 Å². The molecule has 0 bridgehead atoms. The number of amides is 1. The van der Waals surface area contributed by atoms with Gasteiger partial charge in [0.2, 0.25) is 5.91 Å². The molecule has 0 saturated carbocycles. The van der Waals surface area contributed by atoms with Crippen LogP contribution in [0.15, 0.2) is 18.5 Å². The Morgan fingerprint density at radius 3 is 2.91 bits per heavy atom. The highest BCUT2D eigenvalue weighted by Crippen LogP contribution is 2.26. The third-order valence-electron chi connectivity index (χ3n) is 2.77. The van der Waals surface area contributed by atoms with Crippen molar-refractivity contribution in [2.45, 2.75) is 6.92 Å². The van der Waals surface area contributed by atoms with E-state index in [-0.39, 0.29) is 17.3 Å². The average molecular weight is 337 g/mol. The number of carbonyl (C=O) groups excluding carboxylic acids is 1. The van der Waals surface area contributed by atoms with Crippen LogP contribution in [0.25, 0.3) is 10.6 Å². The smallest absolute Gasteiger partial charge is 0.228 e. The summed E-state index contributed by atoms with van der Waals surface area (Å²) in [7, 11) is 4.72. The van der Waals surface area contributed by atoms with Crippen LogP contribution in [-0.4, -0.2) is 39.9 Å². The van der Waals surface area contributed by atoms with Gasteiger partial charge in [0.15, 0.2) is 0 Å². The van der Waals surface area contributed by atoms with Crippen LogP contribution in [0.3, 0.4) is 0 Å². The van der Waals surface area contributed by atoms with E-state index >= 15 is 0 Å². The van der Waals surface area contributed by atoms with E-state index in [1.54, 1.807) is 13.2 Å². The molecule has 5 nitrogen and oxygen atoms in total. The predicted molar refractivity (Wildman–Crippen MR) is 87.4 cm³/mol. The van der Waals surface area contributed by atoms with Crippen LogP contribution in [-0.2, 0) is 15.6 Å². The molecule has 2 atom stereocenters. The van der Waals surface area contributed by atoms with Gasteiger partial charge in [0.1, 0.15) is 23.7 Å². The Kier molecular flexibility index (Phi) is 5.41. The van der Waals surface area contributed by atoms with Gasteiger partial charge >= 0.3 is 0 Å². The molecule has 2 rings (SSSR count). The van der Waals surface area contributed by atoms with Gasteiger partial charge in [-0.05, 0) is 6.07 Å². The average Bonchev–Trinajstić information content (AvgIpc) is 2.79. The number of aromatic nitrogens is 2. The predicted octanol–water partition coefficient (Wildman–Crippen LogP) is 1.09. The Balaban J connectivity index is 2.17. The van der Waals surface area contributed by atoms with Crippen molar-refractivity contribution in [3.8, 4) is 10.6 Å². The van der Waals surface area contributed by atoms with Crippen LogP contribution in [0.5, 0.6) is 0 Å². The Hall–Kier alpha value is -1.61. The standard InChI is InChI=1S/C13H13BFN3O2S2/c1-7(6-22(2)20)11(19)18-13-10(14)17-12(21-13)8-3-9(15)5-16-4-8/h3-5,7H,6H2,1-2H3,(H,18,19). The number of hydrogen-bond donors (Lipinski definition) is 1. The zero-order valence-corrected chi connectivity index (χ0v) is 13.6. The highest BCUT2D eigenvalue weighted by molar-refractivity contribution is 7.84. The van der Waals surface area contributed by atoms with Gasteiger partial charge in [-0.2, -0.15) is 0 Å². The van der Waals surface area contributed by atoms with Crippen molar-refractivity contribution in [2.75, 3.05) is 17.3 Å². The van der Waals surface area contributed by atoms with Gasteiger partial charge in [-0.25, -0.2) is 4.39 Å². The Morgan fingerprint density at radius 1 is 1.55 bits per heavy atom. The molecule has 22 heavy (non-hydrogen) atoms. The largest absolute Gasteiger partial charge is 0.317 e. The summed E-state index contributed by atoms with van der Waals surface area (Å²) in [5.74, 6) is -0.900. The lowest BCUT2D eigenvalue weighted by Gasteiger charge is -2.09. The lowest BCUT2D eigenvalue weighted by atomic mass is 10.1. The summed E-state index contributed by atoms with van der Waals surface area (Å²) in [4.78, 5) is 19.9. The van der Waals surface area contributed by atoms with Gasteiger partial charge in [0.05, 0.1) is 6.20 Å². The minimum Gasteiger partial charge on any atom is -0.317 e. The van der Waals surface area contributed by atoms with E-state index in [4.69, 9.17) is 7.85 Å². The monoisotopic (exact) mass is 337 g/mol. The Morgan fingerprint density at radius 2 is 2.27 bits per heavy atom. The van der Waals surface area contributed by atoms with E-state index in [1.165, 1.54) is 12.3 Å². The summed E-state index contributed by atoms with van der Waals surface area (Å²) >= 11 is 1.14. The molecule has 0 aliphatic heterocycles. The molecule has 0 saturated heterocycles. The summed E-state index contributed by atoms with van der Waals surface area (Å²) in [6.45, 7) is 1.69. The van der Waals surface area contributed by atoms with Crippen LogP contribution in [0, 0.1) is 11.7 Å². The maximum Gasteiger partial charge on any atom is 0.228 e. The maximum absolute atomic E-state index is 13.2. The fourth-order valence-electron chi connectivity index (χ4n) is 1.74. The van der Waals surface area contributed by atoms with E-state index < -0.39 is 22.5 Å². The van der Waals surface area contributed by atoms with E-state index in [1.807, 2.05) is 0 Å². The highest BCUT2D eigenvalue weighted by atomic mass is 32.2. The normalized spacial score (nSPS) is 13.6. The van der Waals surface area contributed by atoms with Gasteiger partial charge < -0.3 is 5.32 Å². The number of hydrogen-bond acceptors (Lipinski definition) is 5. The molecule has 2 heterocycles. The third-order valence-corrected chi connectivity index (χ3v) is 4.78. The Labute approximate surface area is 135 Å². The number of nitrogens with zero attached hydrogens (tertiary/aromatic N) is 2. The summed E-state index contributed by atoms with van der Waals surface area (Å²) in [5, 5.41) is 3.51. The molecule has 9 heteroatoms. The van der Waals surface area contributed by atoms with Crippen LogP contribution in [0.4, 0.5) is 9.39 Å². The number of halogens is 1. The van der Waals surface area contributed by atoms with Crippen LogP contribution < -0.4 is 10.9 Å². The molecular formula is C13H13BFN3O2S2. The Bertz CT molecular complexity index is 723. The molecule has 0 spiro atoms. The summed E-state index contributed by atoms with van der Waals surface area (Å²) < 4.78 is 24.3. The quantitative estimate of drug-likeness (QED) is 0.829. The minimum atomic E-state index is -1.06. The van der Waals surface area contributed by atoms with E-state index in [0.29, 0.717) is 15.6 Å². The number of pyridine rings is 1. The molecule has 2 unspecified atom stereocenters. The molecule has 0 aliphatic carbocycles. The number of nitrogens with one attached hydrogen (secondary N) is 1. The van der Waals surface area contributed by atoms with Crippen molar-refractivity contribution in [3.05, 3.63) is 24.3 Å².